The highest BCUT2D eigenvalue weighted by Crippen LogP contribution is 2.30. The van der Waals surface area contributed by atoms with Crippen LogP contribution >= 0.6 is 27.3 Å². The van der Waals surface area contributed by atoms with Crippen LogP contribution in [0.25, 0.3) is 10.8 Å². The van der Waals surface area contributed by atoms with Crippen LogP contribution in [0.4, 0.5) is 0 Å². The number of ether oxygens (including phenoxy) is 1. The number of aromatic nitrogens is 2. The third-order valence-corrected chi connectivity index (χ3v) is 3.95. The number of thiophene rings is 1. The van der Waals surface area contributed by atoms with Gasteiger partial charge in [-0.25, -0.2) is 4.79 Å². The molecule has 0 bridgehead atoms. The fourth-order valence-corrected chi connectivity index (χ4v) is 2.74. The van der Waals surface area contributed by atoms with Crippen molar-refractivity contribution in [3.05, 3.63) is 46.0 Å². The summed E-state index contributed by atoms with van der Waals surface area (Å²) in [5, 5.41) is 7.73. The lowest BCUT2D eigenvalue weighted by molar-refractivity contribution is 0.0438. The minimum Gasteiger partial charge on any atom is -0.472 e. The van der Waals surface area contributed by atoms with Crippen LogP contribution < -0.4 is 0 Å². The van der Waals surface area contributed by atoms with E-state index in [1.165, 1.54) is 29.9 Å². The highest BCUT2D eigenvalue weighted by Gasteiger charge is 2.14. The molecular weight excluding hydrogens is 348 g/mol. The smallest absolute Gasteiger partial charge is 0.341 e. The summed E-state index contributed by atoms with van der Waals surface area (Å²) in [7, 11) is 0. The number of halogens is 1. The molecule has 6 nitrogen and oxygen atoms in total. The van der Waals surface area contributed by atoms with E-state index in [4.69, 9.17) is 13.6 Å². The van der Waals surface area contributed by atoms with Gasteiger partial charge in [0.05, 0.1) is 20.5 Å². The third kappa shape index (κ3) is 2.81. The second-order valence-corrected chi connectivity index (χ2v) is 6.16. The van der Waals surface area contributed by atoms with Gasteiger partial charge in [-0.2, -0.15) is 0 Å². The van der Waals surface area contributed by atoms with Crippen molar-refractivity contribution in [1.29, 1.82) is 0 Å². The summed E-state index contributed by atoms with van der Waals surface area (Å²) in [6.45, 7) is -0.0798. The standard InChI is InChI=1S/C12H7BrN2O4S/c13-9-2-1-8(20-9)11-15-14-10(19-11)6-18-12(16)7-3-4-17-5-7/h1-5H,6H2. The Morgan fingerprint density at radius 2 is 2.25 bits per heavy atom. The number of rotatable bonds is 4. The molecule has 0 aliphatic rings. The first-order valence-corrected chi connectivity index (χ1v) is 7.11. The Bertz CT molecular complexity index is 719. The third-order valence-electron chi connectivity index (χ3n) is 2.33. The normalized spacial score (nSPS) is 10.7. The molecule has 0 aromatic carbocycles. The fraction of sp³-hybridized carbons (Fsp3) is 0.0833. The molecule has 0 spiro atoms. The molecule has 20 heavy (non-hydrogen) atoms. The summed E-state index contributed by atoms with van der Waals surface area (Å²) < 4.78 is 16.2. The Morgan fingerprint density at radius 1 is 1.35 bits per heavy atom. The lowest BCUT2D eigenvalue weighted by Gasteiger charge is -1.98. The summed E-state index contributed by atoms with van der Waals surface area (Å²) in [5.41, 5.74) is 0.340. The Kier molecular flexibility index (Phi) is 3.66. The summed E-state index contributed by atoms with van der Waals surface area (Å²) >= 11 is 4.84. The van der Waals surface area contributed by atoms with Gasteiger partial charge in [0, 0.05) is 0 Å². The van der Waals surface area contributed by atoms with Gasteiger partial charge in [0.15, 0.2) is 6.61 Å². The summed E-state index contributed by atoms with van der Waals surface area (Å²) in [6.07, 6.45) is 2.71. The lowest BCUT2D eigenvalue weighted by atomic mass is 10.3. The zero-order valence-corrected chi connectivity index (χ0v) is 12.3. The van der Waals surface area contributed by atoms with Crippen LogP contribution in [0.3, 0.4) is 0 Å². The van der Waals surface area contributed by atoms with Crippen LogP contribution in [0, 0.1) is 0 Å². The number of furan rings is 1. The van der Waals surface area contributed by atoms with E-state index in [-0.39, 0.29) is 12.5 Å². The molecule has 0 aliphatic heterocycles. The van der Waals surface area contributed by atoms with Gasteiger partial charge in [-0.3, -0.25) is 0 Å². The Balaban J connectivity index is 1.64. The molecule has 0 aliphatic carbocycles. The molecule has 3 aromatic heterocycles. The Hall–Kier alpha value is -1.93. The van der Waals surface area contributed by atoms with Crippen molar-refractivity contribution in [2.24, 2.45) is 0 Å². The maximum atomic E-state index is 11.6. The van der Waals surface area contributed by atoms with Crippen molar-refractivity contribution in [1.82, 2.24) is 10.2 Å². The lowest BCUT2D eigenvalue weighted by Crippen LogP contribution is -2.04. The van der Waals surface area contributed by atoms with Crippen LogP contribution in [-0.2, 0) is 11.3 Å². The highest BCUT2D eigenvalue weighted by atomic mass is 79.9. The molecule has 0 atom stereocenters. The van der Waals surface area contributed by atoms with E-state index in [0.717, 1.165) is 8.66 Å². The maximum absolute atomic E-state index is 11.6. The molecule has 102 valence electrons. The van der Waals surface area contributed by atoms with E-state index < -0.39 is 5.97 Å². The van der Waals surface area contributed by atoms with Gasteiger partial charge in [0.2, 0.25) is 0 Å². The van der Waals surface area contributed by atoms with Crippen molar-refractivity contribution in [2.75, 3.05) is 0 Å². The van der Waals surface area contributed by atoms with Crippen LogP contribution in [0.15, 0.2) is 43.3 Å². The predicted molar refractivity (Wildman–Crippen MR) is 73.1 cm³/mol. The van der Waals surface area contributed by atoms with Gasteiger partial charge in [-0.05, 0) is 34.1 Å². The molecule has 0 N–H and O–H groups in total. The van der Waals surface area contributed by atoms with E-state index in [2.05, 4.69) is 26.1 Å². The Morgan fingerprint density at radius 3 is 2.95 bits per heavy atom. The van der Waals surface area contributed by atoms with E-state index in [1.54, 1.807) is 0 Å². The number of carbonyl (C=O) groups excluding carboxylic acids is 1. The van der Waals surface area contributed by atoms with Crippen molar-refractivity contribution in [3.8, 4) is 10.8 Å². The molecule has 0 radical (unpaired) electrons. The highest BCUT2D eigenvalue weighted by molar-refractivity contribution is 9.11. The molecule has 8 heteroatoms. The quantitative estimate of drug-likeness (QED) is 0.667. The number of esters is 1. The molecule has 0 unspecified atom stereocenters. The predicted octanol–water partition coefficient (Wildman–Crippen LogP) is 3.51. The van der Waals surface area contributed by atoms with Crippen molar-refractivity contribution >= 4 is 33.2 Å². The minimum atomic E-state index is -0.502. The fourth-order valence-electron chi connectivity index (χ4n) is 1.43. The summed E-state index contributed by atoms with van der Waals surface area (Å²) in [4.78, 5) is 12.4. The van der Waals surface area contributed by atoms with Gasteiger partial charge in [0.1, 0.15) is 6.26 Å². The average molecular weight is 355 g/mol. The first-order valence-electron chi connectivity index (χ1n) is 5.50. The van der Waals surface area contributed by atoms with Crippen LogP contribution in [0.1, 0.15) is 16.2 Å². The molecule has 0 saturated heterocycles. The van der Waals surface area contributed by atoms with E-state index in [9.17, 15) is 4.79 Å². The van der Waals surface area contributed by atoms with Crippen molar-refractivity contribution < 1.29 is 18.4 Å². The number of nitrogens with zero attached hydrogens (tertiary/aromatic N) is 2. The second kappa shape index (κ2) is 5.59. The molecule has 3 heterocycles. The van der Waals surface area contributed by atoms with E-state index >= 15 is 0 Å². The van der Waals surface area contributed by atoms with Gasteiger partial charge in [-0.1, -0.05) is 0 Å². The van der Waals surface area contributed by atoms with E-state index in [1.807, 2.05) is 12.1 Å². The Labute approximate surface area is 125 Å². The SMILES string of the molecule is O=C(OCc1nnc(-c2ccc(Br)s2)o1)c1ccoc1. The van der Waals surface area contributed by atoms with Gasteiger partial charge in [0.25, 0.3) is 11.8 Å². The van der Waals surface area contributed by atoms with Gasteiger partial charge < -0.3 is 13.6 Å². The average Bonchev–Trinajstić information content (AvgIpc) is 3.16. The van der Waals surface area contributed by atoms with Gasteiger partial charge >= 0.3 is 5.97 Å². The number of carbonyl (C=O) groups is 1. The molecule has 0 amide bonds. The first-order chi connectivity index (χ1) is 9.72. The second-order valence-electron chi connectivity index (χ2n) is 3.69. The maximum Gasteiger partial charge on any atom is 0.341 e. The number of hydrogen-bond acceptors (Lipinski definition) is 7. The summed E-state index contributed by atoms with van der Waals surface area (Å²) in [5.74, 6) is 0.133. The molecule has 3 rings (SSSR count). The van der Waals surface area contributed by atoms with Crippen molar-refractivity contribution in [3.63, 3.8) is 0 Å². The van der Waals surface area contributed by atoms with Crippen molar-refractivity contribution in [2.45, 2.75) is 6.61 Å². The van der Waals surface area contributed by atoms with E-state index in [0.29, 0.717) is 11.5 Å². The molecular formula is C12H7BrN2O4S. The van der Waals surface area contributed by atoms with Crippen LogP contribution in [0.2, 0.25) is 0 Å². The molecule has 0 saturated carbocycles. The molecule has 0 fully saturated rings. The summed E-state index contributed by atoms with van der Waals surface area (Å²) in [6, 6.07) is 5.27. The number of hydrogen-bond donors (Lipinski definition) is 0. The first kappa shape index (κ1) is 13.1. The van der Waals surface area contributed by atoms with Crippen LogP contribution in [0.5, 0.6) is 0 Å². The topological polar surface area (TPSA) is 78.4 Å². The largest absolute Gasteiger partial charge is 0.472 e. The minimum absolute atomic E-state index is 0.0798. The monoisotopic (exact) mass is 354 g/mol. The zero-order valence-electron chi connectivity index (χ0n) is 9.91. The zero-order chi connectivity index (χ0) is 13.9. The molecule has 3 aromatic rings. The van der Waals surface area contributed by atoms with Gasteiger partial charge in [-0.15, -0.1) is 21.5 Å². The van der Waals surface area contributed by atoms with Crippen LogP contribution in [-0.4, -0.2) is 16.2 Å².